The molecule has 0 spiro atoms. The van der Waals surface area contributed by atoms with Crippen molar-refractivity contribution in [3.8, 4) is 0 Å². The SMILES string of the molecule is O=C(c1cncc(F)c1)c1ccc(F)c(Br)c1. The molecule has 17 heavy (non-hydrogen) atoms. The lowest BCUT2D eigenvalue weighted by Crippen LogP contribution is -2.02. The van der Waals surface area contributed by atoms with Crippen LogP contribution in [0.15, 0.2) is 41.1 Å². The van der Waals surface area contributed by atoms with Crippen molar-refractivity contribution in [1.82, 2.24) is 4.98 Å². The smallest absolute Gasteiger partial charge is 0.194 e. The number of carbonyl (C=O) groups excluding carboxylic acids is 1. The van der Waals surface area contributed by atoms with E-state index in [2.05, 4.69) is 20.9 Å². The second-order valence-corrected chi connectivity index (χ2v) is 4.20. The third kappa shape index (κ3) is 2.55. The Hall–Kier alpha value is -1.62. The van der Waals surface area contributed by atoms with E-state index in [0.717, 1.165) is 12.3 Å². The fourth-order valence-corrected chi connectivity index (χ4v) is 1.72. The van der Waals surface area contributed by atoms with Crippen LogP contribution in [0.4, 0.5) is 8.78 Å². The first kappa shape index (κ1) is 11.9. The maximum atomic E-state index is 13.0. The van der Waals surface area contributed by atoms with E-state index in [-0.39, 0.29) is 15.6 Å². The van der Waals surface area contributed by atoms with Gasteiger partial charge in [0.1, 0.15) is 11.6 Å². The van der Waals surface area contributed by atoms with Crippen LogP contribution in [0.1, 0.15) is 15.9 Å². The van der Waals surface area contributed by atoms with Crippen LogP contribution in [-0.4, -0.2) is 10.8 Å². The van der Waals surface area contributed by atoms with Crippen LogP contribution in [0, 0.1) is 11.6 Å². The van der Waals surface area contributed by atoms with E-state index < -0.39 is 17.4 Å². The minimum Gasteiger partial charge on any atom is -0.289 e. The molecule has 0 aliphatic heterocycles. The molecule has 0 aliphatic carbocycles. The zero-order valence-electron chi connectivity index (χ0n) is 8.45. The summed E-state index contributed by atoms with van der Waals surface area (Å²) in [5.74, 6) is -1.45. The number of benzene rings is 1. The largest absolute Gasteiger partial charge is 0.289 e. The Morgan fingerprint density at radius 1 is 1.12 bits per heavy atom. The molecule has 0 aliphatic rings. The maximum Gasteiger partial charge on any atom is 0.194 e. The first-order valence-corrected chi connectivity index (χ1v) is 5.47. The van der Waals surface area contributed by atoms with E-state index in [4.69, 9.17) is 0 Å². The van der Waals surface area contributed by atoms with Crippen LogP contribution in [0.25, 0.3) is 0 Å². The number of hydrogen-bond acceptors (Lipinski definition) is 2. The zero-order chi connectivity index (χ0) is 12.4. The molecule has 1 heterocycles. The van der Waals surface area contributed by atoms with Gasteiger partial charge in [0, 0.05) is 17.3 Å². The van der Waals surface area contributed by atoms with Crippen LogP contribution in [0.5, 0.6) is 0 Å². The van der Waals surface area contributed by atoms with Crippen LogP contribution >= 0.6 is 15.9 Å². The Balaban J connectivity index is 2.40. The Kier molecular flexibility index (Phi) is 3.28. The Bertz CT molecular complexity index is 586. The van der Waals surface area contributed by atoms with Crippen LogP contribution in [0.3, 0.4) is 0 Å². The maximum absolute atomic E-state index is 13.0. The summed E-state index contributed by atoms with van der Waals surface area (Å²) in [5, 5.41) is 0. The Labute approximate surface area is 104 Å². The average Bonchev–Trinajstić information content (AvgIpc) is 2.32. The first-order valence-electron chi connectivity index (χ1n) is 4.68. The molecule has 0 saturated carbocycles. The molecule has 86 valence electrons. The van der Waals surface area contributed by atoms with Gasteiger partial charge in [0.15, 0.2) is 5.78 Å². The van der Waals surface area contributed by atoms with Gasteiger partial charge < -0.3 is 0 Å². The second kappa shape index (κ2) is 4.71. The summed E-state index contributed by atoms with van der Waals surface area (Å²) in [6.45, 7) is 0. The van der Waals surface area contributed by atoms with E-state index >= 15 is 0 Å². The summed E-state index contributed by atoms with van der Waals surface area (Å²) in [4.78, 5) is 15.5. The van der Waals surface area contributed by atoms with Crippen molar-refractivity contribution in [2.45, 2.75) is 0 Å². The van der Waals surface area contributed by atoms with Gasteiger partial charge in [-0.3, -0.25) is 9.78 Å². The molecule has 1 aromatic carbocycles. The highest BCUT2D eigenvalue weighted by Crippen LogP contribution is 2.19. The third-order valence-corrected chi connectivity index (χ3v) is 2.76. The fourth-order valence-electron chi connectivity index (χ4n) is 1.34. The van der Waals surface area contributed by atoms with Crippen molar-refractivity contribution in [3.05, 3.63) is 63.9 Å². The summed E-state index contributed by atoms with van der Waals surface area (Å²) in [6, 6.07) is 4.95. The average molecular weight is 298 g/mol. The normalized spacial score (nSPS) is 10.3. The van der Waals surface area contributed by atoms with Gasteiger partial charge in [0.2, 0.25) is 0 Å². The Morgan fingerprint density at radius 3 is 2.53 bits per heavy atom. The Morgan fingerprint density at radius 2 is 1.88 bits per heavy atom. The molecule has 0 saturated heterocycles. The fraction of sp³-hybridized carbons (Fsp3) is 0. The van der Waals surface area contributed by atoms with Gasteiger partial charge in [-0.1, -0.05) is 0 Å². The molecule has 0 N–H and O–H groups in total. The van der Waals surface area contributed by atoms with Crippen molar-refractivity contribution < 1.29 is 13.6 Å². The van der Waals surface area contributed by atoms with E-state index in [0.29, 0.717) is 0 Å². The van der Waals surface area contributed by atoms with Gasteiger partial charge >= 0.3 is 0 Å². The molecule has 0 unspecified atom stereocenters. The van der Waals surface area contributed by atoms with E-state index in [1.807, 2.05) is 0 Å². The lowest BCUT2D eigenvalue weighted by molar-refractivity contribution is 0.103. The van der Waals surface area contributed by atoms with Crippen LogP contribution in [0.2, 0.25) is 0 Å². The van der Waals surface area contributed by atoms with E-state index in [9.17, 15) is 13.6 Å². The molecule has 0 radical (unpaired) electrons. The molecule has 0 amide bonds. The second-order valence-electron chi connectivity index (χ2n) is 3.35. The topological polar surface area (TPSA) is 30.0 Å². The number of ketones is 1. The number of halogens is 3. The van der Waals surface area contributed by atoms with Gasteiger partial charge in [-0.05, 0) is 40.2 Å². The van der Waals surface area contributed by atoms with Gasteiger partial charge in [-0.25, -0.2) is 8.78 Å². The van der Waals surface area contributed by atoms with Crippen molar-refractivity contribution in [2.75, 3.05) is 0 Å². The number of hydrogen-bond donors (Lipinski definition) is 0. The molecule has 1 aromatic heterocycles. The minimum absolute atomic E-state index is 0.128. The number of nitrogens with zero attached hydrogens (tertiary/aromatic N) is 1. The molecule has 0 atom stereocenters. The molecular weight excluding hydrogens is 292 g/mol. The van der Waals surface area contributed by atoms with Crippen molar-refractivity contribution in [3.63, 3.8) is 0 Å². The number of aromatic nitrogens is 1. The molecular formula is C12H6BrF2NO. The predicted molar refractivity (Wildman–Crippen MR) is 61.7 cm³/mol. The first-order chi connectivity index (χ1) is 8.08. The quantitative estimate of drug-likeness (QED) is 0.796. The van der Waals surface area contributed by atoms with Crippen LogP contribution in [-0.2, 0) is 0 Å². The van der Waals surface area contributed by atoms with Gasteiger partial charge in [-0.2, -0.15) is 0 Å². The molecule has 5 heteroatoms. The van der Waals surface area contributed by atoms with Crippen molar-refractivity contribution in [1.29, 1.82) is 0 Å². The highest BCUT2D eigenvalue weighted by atomic mass is 79.9. The summed E-state index contributed by atoms with van der Waals surface area (Å²) < 4.78 is 26.1. The molecule has 0 fully saturated rings. The highest BCUT2D eigenvalue weighted by molar-refractivity contribution is 9.10. The number of carbonyl (C=O) groups is 1. The van der Waals surface area contributed by atoms with Gasteiger partial charge in [0.25, 0.3) is 0 Å². The monoisotopic (exact) mass is 297 g/mol. The molecule has 2 aromatic rings. The minimum atomic E-state index is -0.586. The van der Waals surface area contributed by atoms with Gasteiger partial charge in [0.05, 0.1) is 10.7 Å². The standard InChI is InChI=1S/C12H6BrF2NO/c13-10-4-7(1-2-11(10)15)12(17)8-3-9(14)6-16-5-8/h1-6H. The number of rotatable bonds is 2. The summed E-state index contributed by atoms with van der Waals surface area (Å²) in [5.41, 5.74) is 0.397. The van der Waals surface area contributed by atoms with Crippen LogP contribution < -0.4 is 0 Å². The van der Waals surface area contributed by atoms with E-state index in [1.54, 1.807) is 0 Å². The summed E-state index contributed by atoms with van der Waals surface area (Å²) in [7, 11) is 0. The zero-order valence-corrected chi connectivity index (χ0v) is 10.0. The molecule has 2 rings (SSSR count). The third-order valence-electron chi connectivity index (χ3n) is 2.15. The lowest BCUT2D eigenvalue weighted by atomic mass is 10.1. The number of pyridine rings is 1. The molecule has 0 bridgehead atoms. The van der Waals surface area contributed by atoms with Crippen molar-refractivity contribution in [2.24, 2.45) is 0 Å². The van der Waals surface area contributed by atoms with Gasteiger partial charge in [-0.15, -0.1) is 0 Å². The molecule has 2 nitrogen and oxygen atoms in total. The summed E-state index contributed by atoms with van der Waals surface area (Å²) in [6.07, 6.45) is 2.28. The van der Waals surface area contributed by atoms with Crippen molar-refractivity contribution >= 4 is 21.7 Å². The highest BCUT2D eigenvalue weighted by Gasteiger charge is 2.12. The van der Waals surface area contributed by atoms with E-state index in [1.165, 1.54) is 24.4 Å². The summed E-state index contributed by atoms with van der Waals surface area (Å²) >= 11 is 2.98. The lowest BCUT2D eigenvalue weighted by Gasteiger charge is -2.02. The predicted octanol–water partition coefficient (Wildman–Crippen LogP) is 3.35.